The van der Waals surface area contributed by atoms with Crippen LogP contribution in [0.25, 0.3) is 0 Å². The zero-order valence-corrected chi connectivity index (χ0v) is 10.6. The predicted molar refractivity (Wildman–Crippen MR) is 63.4 cm³/mol. The Bertz CT molecular complexity index is 410. The van der Waals surface area contributed by atoms with Gasteiger partial charge in [0, 0.05) is 5.41 Å². The van der Waals surface area contributed by atoms with Crippen molar-refractivity contribution in [2.75, 3.05) is 6.61 Å². The third-order valence-corrected chi connectivity index (χ3v) is 3.85. The van der Waals surface area contributed by atoms with Crippen LogP contribution < -0.4 is 0 Å². The van der Waals surface area contributed by atoms with Gasteiger partial charge in [-0.15, -0.1) is 0 Å². The van der Waals surface area contributed by atoms with Crippen LogP contribution in [0, 0.1) is 0 Å². The monoisotopic (exact) mass is 258 g/mol. The van der Waals surface area contributed by atoms with Gasteiger partial charge in [-0.3, -0.25) is 0 Å². The number of hydrogen-bond donors (Lipinski definition) is 0. The summed E-state index contributed by atoms with van der Waals surface area (Å²) in [6.07, 6.45) is -2.25. The first-order chi connectivity index (χ1) is 8.40. The Kier molecular flexibility index (Phi) is 3.41. The molecule has 2 rings (SSSR count). The molecule has 1 nitrogen and oxygen atoms in total. The average Bonchev–Trinajstić information content (AvgIpc) is 2.33. The summed E-state index contributed by atoms with van der Waals surface area (Å²) < 4.78 is 43.0. The summed E-state index contributed by atoms with van der Waals surface area (Å²) in [7, 11) is 0. The number of ether oxygens (including phenoxy) is 1. The number of benzene rings is 1. The van der Waals surface area contributed by atoms with E-state index in [1.165, 1.54) is 0 Å². The molecule has 4 heteroatoms. The first kappa shape index (κ1) is 13.4. The average molecular weight is 258 g/mol. The largest absolute Gasteiger partial charge is 0.416 e. The van der Waals surface area contributed by atoms with E-state index >= 15 is 0 Å². The fraction of sp³-hybridized carbons (Fsp3) is 0.571. The molecule has 0 saturated carbocycles. The molecule has 0 aliphatic carbocycles. The van der Waals surface area contributed by atoms with Gasteiger partial charge < -0.3 is 4.74 Å². The van der Waals surface area contributed by atoms with Crippen molar-refractivity contribution in [3.05, 3.63) is 35.4 Å². The predicted octanol–water partition coefficient (Wildman–Crippen LogP) is 4.16. The van der Waals surface area contributed by atoms with Crippen LogP contribution in [0.5, 0.6) is 0 Å². The summed E-state index contributed by atoms with van der Waals surface area (Å²) in [6.45, 7) is 4.67. The van der Waals surface area contributed by atoms with Gasteiger partial charge in [0.15, 0.2) is 0 Å². The number of hydrogen-bond acceptors (Lipinski definition) is 1. The van der Waals surface area contributed by atoms with E-state index in [9.17, 15) is 13.2 Å². The minimum Gasteiger partial charge on any atom is -0.376 e. The topological polar surface area (TPSA) is 9.23 Å². The minimum absolute atomic E-state index is 0.0780. The van der Waals surface area contributed by atoms with Crippen molar-refractivity contribution < 1.29 is 17.9 Å². The van der Waals surface area contributed by atoms with Gasteiger partial charge >= 0.3 is 6.18 Å². The first-order valence-corrected chi connectivity index (χ1v) is 6.19. The highest BCUT2D eigenvalue weighted by molar-refractivity contribution is 5.33. The molecule has 1 fully saturated rings. The van der Waals surface area contributed by atoms with E-state index < -0.39 is 11.7 Å². The Hall–Kier alpha value is -1.03. The van der Waals surface area contributed by atoms with Crippen LogP contribution in [0.4, 0.5) is 13.2 Å². The molecular weight excluding hydrogens is 241 g/mol. The Morgan fingerprint density at radius 1 is 1.28 bits per heavy atom. The number of rotatable bonds is 3. The van der Waals surface area contributed by atoms with Crippen molar-refractivity contribution in [1.82, 2.24) is 0 Å². The van der Waals surface area contributed by atoms with Crippen molar-refractivity contribution in [3.63, 3.8) is 0 Å². The number of alkyl halides is 3. The summed E-state index contributed by atoms with van der Waals surface area (Å²) in [5.41, 5.74) is 0.265. The van der Waals surface area contributed by atoms with Crippen LogP contribution in [0.1, 0.15) is 37.8 Å². The SMILES string of the molecule is CCCC1(c2ccc(C(F)(F)F)cc2)COC1C. The lowest BCUT2D eigenvalue weighted by Crippen LogP contribution is -2.53. The van der Waals surface area contributed by atoms with E-state index in [0.717, 1.165) is 30.5 Å². The smallest absolute Gasteiger partial charge is 0.376 e. The molecule has 1 saturated heterocycles. The van der Waals surface area contributed by atoms with Gasteiger partial charge in [-0.1, -0.05) is 25.5 Å². The molecule has 2 atom stereocenters. The van der Waals surface area contributed by atoms with Crippen molar-refractivity contribution in [1.29, 1.82) is 0 Å². The van der Waals surface area contributed by atoms with E-state index in [2.05, 4.69) is 6.92 Å². The third-order valence-electron chi connectivity index (χ3n) is 3.85. The number of halogens is 3. The van der Waals surface area contributed by atoms with Gasteiger partial charge in [-0.2, -0.15) is 13.2 Å². The maximum absolute atomic E-state index is 12.5. The molecule has 2 unspecified atom stereocenters. The normalized spacial score (nSPS) is 27.9. The van der Waals surface area contributed by atoms with Gasteiger partial charge in [-0.25, -0.2) is 0 Å². The molecule has 0 bridgehead atoms. The second kappa shape index (κ2) is 4.57. The Morgan fingerprint density at radius 3 is 2.22 bits per heavy atom. The Balaban J connectivity index is 2.28. The van der Waals surface area contributed by atoms with Crippen LogP contribution in [0.15, 0.2) is 24.3 Å². The van der Waals surface area contributed by atoms with Crippen LogP contribution in [-0.4, -0.2) is 12.7 Å². The molecule has 1 aromatic rings. The molecule has 0 aromatic heterocycles. The summed E-state index contributed by atoms with van der Waals surface area (Å²) >= 11 is 0. The zero-order chi connectivity index (χ0) is 13.4. The van der Waals surface area contributed by atoms with E-state index in [1.807, 2.05) is 6.92 Å². The fourth-order valence-electron chi connectivity index (χ4n) is 2.63. The minimum atomic E-state index is -4.27. The van der Waals surface area contributed by atoms with Crippen LogP contribution in [0.2, 0.25) is 0 Å². The van der Waals surface area contributed by atoms with Crippen LogP contribution >= 0.6 is 0 Å². The third kappa shape index (κ3) is 2.14. The van der Waals surface area contributed by atoms with Crippen LogP contribution in [0.3, 0.4) is 0 Å². The standard InChI is InChI=1S/C14H17F3O/c1-3-8-13(9-18-10(13)2)11-4-6-12(7-5-11)14(15,16)17/h4-7,10H,3,8-9H2,1-2H3. The maximum Gasteiger partial charge on any atom is 0.416 e. The fourth-order valence-corrected chi connectivity index (χ4v) is 2.63. The zero-order valence-electron chi connectivity index (χ0n) is 10.6. The lowest BCUT2D eigenvalue weighted by atomic mass is 9.70. The van der Waals surface area contributed by atoms with Crippen molar-refractivity contribution >= 4 is 0 Å². The summed E-state index contributed by atoms with van der Waals surface area (Å²) in [4.78, 5) is 0. The Morgan fingerprint density at radius 2 is 1.89 bits per heavy atom. The molecule has 100 valence electrons. The van der Waals surface area contributed by atoms with Crippen molar-refractivity contribution in [3.8, 4) is 0 Å². The molecule has 1 heterocycles. The molecule has 0 spiro atoms. The molecular formula is C14H17F3O. The molecule has 1 aliphatic heterocycles. The van der Waals surface area contributed by atoms with Crippen LogP contribution in [-0.2, 0) is 16.3 Å². The Labute approximate surface area is 105 Å². The lowest BCUT2D eigenvalue weighted by molar-refractivity contribution is -0.138. The maximum atomic E-state index is 12.5. The quantitative estimate of drug-likeness (QED) is 0.791. The molecule has 0 radical (unpaired) electrons. The summed E-state index contributed by atoms with van der Waals surface area (Å²) in [5.74, 6) is 0. The van der Waals surface area contributed by atoms with E-state index in [0.29, 0.717) is 6.61 Å². The van der Waals surface area contributed by atoms with Crippen molar-refractivity contribution in [2.24, 2.45) is 0 Å². The van der Waals surface area contributed by atoms with Gasteiger partial charge in [0.2, 0.25) is 0 Å². The lowest BCUT2D eigenvalue weighted by Gasteiger charge is -2.48. The highest BCUT2D eigenvalue weighted by Gasteiger charge is 2.46. The van der Waals surface area contributed by atoms with Crippen molar-refractivity contribution in [2.45, 2.75) is 44.4 Å². The molecule has 18 heavy (non-hydrogen) atoms. The molecule has 0 amide bonds. The van der Waals surface area contributed by atoms with E-state index in [1.54, 1.807) is 12.1 Å². The molecule has 1 aromatic carbocycles. The van der Waals surface area contributed by atoms with Gasteiger partial charge in [0.25, 0.3) is 0 Å². The molecule has 0 N–H and O–H groups in total. The van der Waals surface area contributed by atoms with Gasteiger partial charge in [0.1, 0.15) is 0 Å². The highest BCUT2D eigenvalue weighted by Crippen LogP contribution is 2.43. The van der Waals surface area contributed by atoms with Gasteiger partial charge in [-0.05, 0) is 31.0 Å². The van der Waals surface area contributed by atoms with E-state index in [-0.39, 0.29) is 11.5 Å². The highest BCUT2D eigenvalue weighted by atomic mass is 19.4. The second-order valence-electron chi connectivity index (χ2n) is 4.93. The summed E-state index contributed by atoms with van der Waals surface area (Å²) in [6, 6.07) is 5.52. The van der Waals surface area contributed by atoms with E-state index in [4.69, 9.17) is 4.74 Å². The molecule has 1 aliphatic rings. The van der Waals surface area contributed by atoms with Gasteiger partial charge in [0.05, 0.1) is 18.3 Å². The second-order valence-corrected chi connectivity index (χ2v) is 4.93. The first-order valence-electron chi connectivity index (χ1n) is 6.19. The summed E-state index contributed by atoms with van der Waals surface area (Å²) in [5, 5.41) is 0.